The Morgan fingerprint density at radius 2 is 1.71 bits per heavy atom. The molecule has 7 heavy (non-hydrogen) atoms. The molecule has 0 aliphatic heterocycles. The topological polar surface area (TPSA) is 60.4 Å². The van der Waals surface area contributed by atoms with Crippen LogP contribution in [0.25, 0.3) is 0 Å². The van der Waals surface area contributed by atoms with E-state index in [0.717, 1.165) is 0 Å². The summed E-state index contributed by atoms with van der Waals surface area (Å²) < 4.78 is 24.1. The van der Waals surface area contributed by atoms with Gasteiger partial charge in [0.05, 0.1) is 11.4 Å². The van der Waals surface area contributed by atoms with Crippen LogP contribution >= 0.6 is 10.1 Å². The molecule has 0 bridgehead atoms. The average Bonchev–Trinajstić information content (AvgIpc) is 1.41. The maximum absolute atomic E-state index is 8.56. The third-order valence-corrected chi connectivity index (χ3v) is 0. The Kier molecular flexibility index (Phi) is 35.7. The van der Waals surface area contributed by atoms with Crippen LogP contribution in [0.3, 0.4) is 0 Å². The van der Waals surface area contributed by atoms with Crippen LogP contribution in [0.5, 0.6) is 0 Å². The molecular formula is HClMnNaO3S. The molecule has 0 rings (SSSR count). The fourth-order valence-corrected chi connectivity index (χ4v) is 0. The largest absolute Gasteiger partial charge is 1.00 e. The van der Waals surface area contributed by atoms with E-state index in [1.54, 1.807) is 0 Å². The number of halogens is 1. The van der Waals surface area contributed by atoms with Crippen molar-refractivity contribution in [3.8, 4) is 0 Å². The standard InChI is InChI=1S/ClH.Mn.Na.H2O3S/c;;;1-4(2)3/h1H;;;(H2,1,2,3)/q;2*+1;/p-2. The van der Waals surface area contributed by atoms with Gasteiger partial charge in [-0.3, -0.25) is 0 Å². The van der Waals surface area contributed by atoms with E-state index in [4.69, 9.17) is 13.3 Å². The minimum atomic E-state index is -2.86. The molecule has 0 aromatic heterocycles. The smallest absolute Gasteiger partial charge is 1.00 e. The van der Waals surface area contributed by atoms with Crippen LogP contribution in [0, 0.1) is 0 Å². The monoisotopic (exact) mass is 194 g/mol. The molecule has 0 aromatic rings. The van der Waals surface area contributed by atoms with Gasteiger partial charge in [0.15, 0.2) is 0 Å². The van der Waals surface area contributed by atoms with Gasteiger partial charge in [0, 0.05) is 0 Å². The zero-order chi connectivity index (χ0) is 5.58. The molecule has 0 heterocycles. The van der Waals surface area contributed by atoms with Gasteiger partial charge < -0.3 is 9.11 Å². The molecule has 0 saturated heterocycles. The summed E-state index contributed by atoms with van der Waals surface area (Å²) in [7, 11) is 4.45. The molecule has 40 valence electrons. The van der Waals surface area contributed by atoms with Gasteiger partial charge in [-0.2, -0.15) is 0 Å². The van der Waals surface area contributed by atoms with Gasteiger partial charge in [0.2, 0.25) is 0 Å². The Bertz CT molecular complexity index is 37.9. The van der Waals surface area contributed by atoms with Crippen molar-refractivity contribution in [2.75, 3.05) is 0 Å². The van der Waals surface area contributed by atoms with E-state index in [1.807, 2.05) is 0 Å². The summed E-state index contributed by atoms with van der Waals surface area (Å²) >= 11 is -0.451. The van der Waals surface area contributed by atoms with Crippen LogP contribution in [0.1, 0.15) is 0 Å². The fraction of sp³-hybridized carbons (Fsp3) is 0. The van der Waals surface area contributed by atoms with Crippen LogP contribution in [0.2, 0.25) is 0 Å². The number of hydrogen-bond acceptors (Lipinski definition) is 2. The van der Waals surface area contributed by atoms with Crippen LogP contribution in [0.4, 0.5) is 0 Å². The van der Waals surface area contributed by atoms with Crippen molar-refractivity contribution in [3.63, 3.8) is 0 Å². The van der Waals surface area contributed by atoms with Gasteiger partial charge in [0.25, 0.3) is 0 Å². The van der Waals surface area contributed by atoms with Gasteiger partial charge in [-0.25, -0.2) is 4.21 Å². The van der Waals surface area contributed by atoms with Crippen LogP contribution in [0.15, 0.2) is 0 Å². The maximum atomic E-state index is 8.56. The Balaban J connectivity index is -0.0000000480. The van der Waals surface area contributed by atoms with Gasteiger partial charge in [-0.15, -0.1) is 0 Å². The van der Waals surface area contributed by atoms with E-state index in [9.17, 15) is 0 Å². The quantitative estimate of drug-likeness (QED) is 0.331. The second-order valence-corrected chi connectivity index (χ2v) is 0.651. The zero-order valence-corrected chi connectivity index (χ0v) is 8.18. The Morgan fingerprint density at radius 3 is 1.71 bits per heavy atom. The van der Waals surface area contributed by atoms with Crippen molar-refractivity contribution in [1.82, 2.24) is 0 Å². The Hall–Kier alpha value is 1.88. The molecule has 1 atom stereocenters. The predicted octanol–water partition coefficient (Wildman–Crippen LogP) is -2.97. The SMILES string of the molecule is O=S([O-])O.[Cl][Mn].[Na+]. The molecule has 0 aliphatic carbocycles. The first-order valence-electron chi connectivity index (χ1n) is 0.659. The molecule has 7 heteroatoms. The maximum Gasteiger partial charge on any atom is 1.00 e. The van der Waals surface area contributed by atoms with E-state index in [0.29, 0.717) is 0 Å². The normalized spacial score (nSPS) is 9.71. The van der Waals surface area contributed by atoms with Gasteiger partial charge in [-0.05, 0) is 0 Å². The van der Waals surface area contributed by atoms with Crippen molar-refractivity contribution in [3.05, 3.63) is 0 Å². The first-order valence-corrected chi connectivity index (χ1v) is 3.31. The fourth-order valence-electron chi connectivity index (χ4n) is 0. The first-order chi connectivity index (χ1) is 2.73. The molecule has 0 spiro atoms. The number of rotatable bonds is 0. The zero-order valence-electron chi connectivity index (χ0n) is 3.43. The Morgan fingerprint density at radius 1 is 1.71 bits per heavy atom. The van der Waals surface area contributed by atoms with E-state index in [1.165, 1.54) is 0 Å². The van der Waals surface area contributed by atoms with Crippen molar-refractivity contribution in [2.24, 2.45) is 0 Å². The molecule has 0 aliphatic rings. The predicted molar refractivity (Wildman–Crippen MR) is 17.4 cm³/mol. The summed E-state index contributed by atoms with van der Waals surface area (Å²) in [5.74, 6) is 0. The Labute approximate surface area is 78.6 Å². The van der Waals surface area contributed by atoms with E-state index in [-0.39, 0.29) is 29.6 Å². The van der Waals surface area contributed by atoms with Crippen LogP contribution < -0.4 is 29.6 Å². The molecule has 0 amide bonds. The first kappa shape index (κ1) is 15.9. The summed E-state index contributed by atoms with van der Waals surface area (Å²) in [6, 6.07) is 0. The molecule has 1 unspecified atom stereocenters. The summed E-state index contributed by atoms with van der Waals surface area (Å²) in [6.45, 7) is 0. The summed E-state index contributed by atoms with van der Waals surface area (Å²) in [5.41, 5.74) is 0. The summed E-state index contributed by atoms with van der Waals surface area (Å²) in [4.78, 5) is 0. The molecular weight excluding hydrogens is 193 g/mol. The second-order valence-electron chi connectivity index (χ2n) is 0.217. The molecule has 0 radical (unpaired) electrons. The van der Waals surface area contributed by atoms with Crippen molar-refractivity contribution < 1.29 is 58.0 Å². The summed E-state index contributed by atoms with van der Waals surface area (Å²) in [6.07, 6.45) is 0. The average molecular weight is 194 g/mol. The second kappa shape index (κ2) is 15.7. The van der Waals surface area contributed by atoms with Crippen molar-refractivity contribution >= 4 is 21.5 Å². The number of hydrogen-bond donors (Lipinski definition) is 1. The van der Waals surface area contributed by atoms with Gasteiger partial charge in [0.1, 0.15) is 0 Å². The van der Waals surface area contributed by atoms with Gasteiger partial charge in [-0.1, -0.05) is 0 Å². The molecule has 0 fully saturated rings. The van der Waals surface area contributed by atoms with Crippen LogP contribution in [-0.2, 0) is 26.5 Å². The van der Waals surface area contributed by atoms with Crippen LogP contribution in [-0.4, -0.2) is 13.3 Å². The van der Waals surface area contributed by atoms with Crippen molar-refractivity contribution in [2.45, 2.75) is 0 Å². The van der Waals surface area contributed by atoms with E-state index >= 15 is 0 Å². The molecule has 0 saturated carbocycles. The third-order valence-electron chi connectivity index (χ3n) is 0. The minimum Gasteiger partial charge on any atom is 1.00 e. The van der Waals surface area contributed by atoms with E-state index < -0.39 is 11.4 Å². The molecule has 0 aromatic carbocycles. The summed E-state index contributed by atoms with van der Waals surface area (Å²) in [5, 5.41) is 0. The van der Waals surface area contributed by atoms with Gasteiger partial charge >= 0.3 is 54.8 Å². The molecule has 3 nitrogen and oxygen atoms in total. The minimum absolute atomic E-state index is 0. The van der Waals surface area contributed by atoms with E-state index in [2.05, 4.69) is 25.2 Å². The third kappa shape index (κ3) is 77.1. The molecule has 1 N–H and O–H groups in total. The van der Waals surface area contributed by atoms with Crippen molar-refractivity contribution in [1.29, 1.82) is 0 Å².